The number of rotatable bonds is 5. The first-order valence-corrected chi connectivity index (χ1v) is 11.0. The van der Waals surface area contributed by atoms with Crippen LogP contribution >= 0.6 is 0 Å². The van der Waals surface area contributed by atoms with E-state index >= 15 is 0 Å². The number of carbonyl (C=O) groups is 1. The van der Waals surface area contributed by atoms with E-state index in [4.69, 9.17) is 4.98 Å². The van der Waals surface area contributed by atoms with Gasteiger partial charge in [0.25, 0.3) is 5.56 Å². The van der Waals surface area contributed by atoms with E-state index in [2.05, 4.69) is 55.1 Å². The minimum Gasteiger partial charge on any atom is -0.338 e. The number of nitrogens with zero attached hydrogens (tertiary/aromatic N) is 3. The fourth-order valence-electron chi connectivity index (χ4n) is 4.61. The molecule has 5 rings (SSSR count). The maximum absolute atomic E-state index is 13.1. The molecule has 2 heterocycles. The molecule has 1 amide bonds. The van der Waals surface area contributed by atoms with E-state index in [1.807, 2.05) is 23.6 Å². The van der Waals surface area contributed by atoms with Gasteiger partial charge in [0.2, 0.25) is 5.91 Å². The lowest BCUT2D eigenvalue weighted by Gasteiger charge is -2.39. The number of fused-ring (bicyclic) bond motifs is 2. The van der Waals surface area contributed by atoms with E-state index < -0.39 is 0 Å². The molecule has 0 N–H and O–H groups in total. The Morgan fingerprint density at radius 2 is 1.91 bits per heavy atom. The van der Waals surface area contributed by atoms with E-state index in [1.54, 1.807) is 4.90 Å². The first kappa shape index (κ1) is 20.2. The molecule has 160 valence electrons. The largest absolute Gasteiger partial charge is 0.338 e. The molecule has 32 heavy (non-hydrogen) atoms. The summed E-state index contributed by atoms with van der Waals surface area (Å²) in [5, 5.41) is 2.39. The van der Waals surface area contributed by atoms with Gasteiger partial charge in [-0.15, -0.1) is 0 Å². The molecule has 5 heteroatoms. The van der Waals surface area contributed by atoms with Crippen LogP contribution in [0.3, 0.4) is 0 Å². The molecule has 0 atom stereocenters. The lowest BCUT2D eigenvalue weighted by atomic mass is 9.97. The summed E-state index contributed by atoms with van der Waals surface area (Å²) >= 11 is 0. The van der Waals surface area contributed by atoms with Crippen LogP contribution in [-0.2, 0) is 17.8 Å². The molecule has 1 aliphatic heterocycles. The van der Waals surface area contributed by atoms with Crippen molar-refractivity contribution in [3.05, 3.63) is 89.4 Å². The Kier molecular flexibility index (Phi) is 5.10. The highest BCUT2D eigenvalue weighted by molar-refractivity contribution is 5.98. The van der Waals surface area contributed by atoms with Crippen molar-refractivity contribution in [3.8, 4) is 11.1 Å². The second-order valence-electron chi connectivity index (χ2n) is 8.37. The first-order valence-electron chi connectivity index (χ1n) is 11.0. The van der Waals surface area contributed by atoms with E-state index in [0.717, 1.165) is 22.2 Å². The maximum Gasteiger partial charge on any atom is 0.272 e. The second-order valence-corrected chi connectivity index (χ2v) is 8.37. The molecular formula is C27H25N3O2. The molecule has 0 unspecified atom stereocenters. The summed E-state index contributed by atoms with van der Waals surface area (Å²) in [5.74, 6) is 0.201. The molecule has 0 saturated carbocycles. The fourth-order valence-corrected chi connectivity index (χ4v) is 4.61. The van der Waals surface area contributed by atoms with Crippen LogP contribution in [0.5, 0.6) is 0 Å². The zero-order chi connectivity index (χ0) is 22.2. The molecule has 5 nitrogen and oxygen atoms in total. The van der Waals surface area contributed by atoms with Crippen LogP contribution in [-0.4, -0.2) is 33.4 Å². The standard InChI is InChI=1S/C27H25N3O2/c1-3-23-27(32)30(17-18-15-29(16-18)26(31)4-2)25-13-12-20(14-24(25)28-23)22-11-7-9-19-8-5-6-10-21(19)22/h4-14,18H,2-3,15-17H2,1H3. The average Bonchev–Trinajstić information content (AvgIpc) is 2.80. The Hall–Kier alpha value is -3.73. The minimum atomic E-state index is -0.0536. The molecule has 4 aromatic rings. The van der Waals surface area contributed by atoms with Crippen LogP contribution in [0.15, 0.2) is 78.1 Å². The molecular weight excluding hydrogens is 398 g/mol. The van der Waals surface area contributed by atoms with Gasteiger partial charge >= 0.3 is 0 Å². The van der Waals surface area contributed by atoms with Gasteiger partial charge in [-0.05, 0) is 46.5 Å². The Labute approximate surface area is 186 Å². The van der Waals surface area contributed by atoms with Gasteiger partial charge in [-0.2, -0.15) is 0 Å². The van der Waals surface area contributed by atoms with Gasteiger partial charge in [-0.1, -0.05) is 62.0 Å². The normalized spacial score (nSPS) is 14.0. The van der Waals surface area contributed by atoms with E-state index in [1.165, 1.54) is 16.8 Å². The number of benzene rings is 3. The number of amides is 1. The number of hydrogen-bond acceptors (Lipinski definition) is 3. The van der Waals surface area contributed by atoms with Crippen LogP contribution in [0.25, 0.3) is 32.9 Å². The molecule has 1 saturated heterocycles. The second kappa shape index (κ2) is 8.08. The van der Waals surface area contributed by atoms with E-state index in [9.17, 15) is 9.59 Å². The highest BCUT2D eigenvalue weighted by atomic mass is 16.2. The van der Waals surface area contributed by atoms with Gasteiger partial charge < -0.3 is 9.47 Å². The van der Waals surface area contributed by atoms with Crippen LogP contribution < -0.4 is 5.56 Å². The van der Waals surface area contributed by atoms with Crippen LogP contribution in [0.2, 0.25) is 0 Å². The summed E-state index contributed by atoms with van der Waals surface area (Å²) in [7, 11) is 0. The summed E-state index contributed by atoms with van der Waals surface area (Å²) in [5.41, 5.74) is 4.44. The first-order chi connectivity index (χ1) is 15.6. The van der Waals surface area contributed by atoms with Crippen molar-refractivity contribution in [2.75, 3.05) is 13.1 Å². The van der Waals surface area contributed by atoms with Crippen molar-refractivity contribution >= 4 is 27.7 Å². The highest BCUT2D eigenvalue weighted by Crippen LogP contribution is 2.30. The van der Waals surface area contributed by atoms with Crippen LogP contribution in [0, 0.1) is 5.92 Å². The SMILES string of the molecule is C=CC(=O)N1CC(Cn2c(=O)c(CC)nc3cc(-c4cccc5ccccc45)ccc32)C1. The Balaban J connectivity index is 1.57. The smallest absolute Gasteiger partial charge is 0.272 e. The van der Waals surface area contributed by atoms with Crippen molar-refractivity contribution < 1.29 is 4.79 Å². The lowest BCUT2D eigenvalue weighted by Crippen LogP contribution is -2.51. The zero-order valence-corrected chi connectivity index (χ0v) is 18.1. The van der Waals surface area contributed by atoms with E-state index in [-0.39, 0.29) is 17.4 Å². The van der Waals surface area contributed by atoms with Crippen molar-refractivity contribution in [3.63, 3.8) is 0 Å². The molecule has 3 aromatic carbocycles. The zero-order valence-electron chi connectivity index (χ0n) is 18.1. The van der Waals surface area contributed by atoms with Crippen molar-refractivity contribution in [1.82, 2.24) is 14.5 Å². The summed E-state index contributed by atoms with van der Waals surface area (Å²) in [6.45, 7) is 7.39. The summed E-state index contributed by atoms with van der Waals surface area (Å²) in [4.78, 5) is 31.3. The van der Waals surface area contributed by atoms with Crippen LogP contribution in [0.1, 0.15) is 12.6 Å². The minimum absolute atomic E-state index is 0.0357. The lowest BCUT2D eigenvalue weighted by molar-refractivity contribution is -0.132. The highest BCUT2D eigenvalue weighted by Gasteiger charge is 2.30. The Bertz CT molecular complexity index is 1410. The third-order valence-corrected chi connectivity index (χ3v) is 6.33. The van der Waals surface area contributed by atoms with Crippen molar-refractivity contribution in [1.29, 1.82) is 0 Å². The summed E-state index contributed by atoms with van der Waals surface area (Å²) in [6, 6.07) is 20.8. The number of likely N-dealkylation sites (tertiary alicyclic amines) is 1. The molecule has 0 bridgehead atoms. The quantitative estimate of drug-likeness (QED) is 0.447. The van der Waals surface area contributed by atoms with Gasteiger partial charge in [-0.25, -0.2) is 4.98 Å². The van der Waals surface area contributed by atoms with Crippen molar-refractivity contribution in [2.45, 2.75) is 19.9 Å². The van der Waals surface area contributed by atoms with Gasteiger partial charge in [0, 0.05) is 25.6 Å². The van der Waals surface area contributed by atoms with Gasteiger partial charge in [0.15, 0.2) is 0 Å². The number of hydrogen-bond donors (Lipinski definition) is 0. The number of aryl methyl sites for hydroxylation is 1. The summed E-state index contributed by atoms with van der Waals surface area (Å²) in [6.07, 6.45) is 1.92. The number of aromatic nitrogens is 2. The molecule has 1 aliphatic rings. The van der Waals surface area contributed by atoms with Crippen LogP contribution in [0.4, 0.5) is 0 Å². The Morgan fingerprint density at radius 3 is 2.69 bits per heavy atom. The topological polar surface area (TPSA) is 55.2 Å². The molecule has 1 aromatic heterocycles. The van der Waals surface area contributed by atoms with Gasteiger partial charge in [0.05, 0.1) is 11.0 Å². The monoisotopic (exact) mass is 423 g/mol. The number of carbonyl (C=O) groups excluding carboxylic acids is 1. The molecule has 0 radical (unpaired) electrons. The maximum atomic E-state index is 13.1. The molecule has 0 aliphatic carbocycles. The summed E-state index contributed by atoms with van der Waals surface area (Å²) < 4.78 is 1.84. The van der Waals surface area contributed by atoms with Crippen molar-refractivity contribution in [2.24, 2.45) is 5.92 Å². The third-order valence-electron chi connectivity index (χ3n) is 6.33. The van der Waals surface area contributed by atoms with E-state index in [0.29, 0.717) is 31.7 Å². The third kappa shape index (κ3) is 3.40. The van der Waals surface area contributed by atoms with Gasteiger partial charge in [0.1, 0.15) is 5.69 Å². The average molecular weight is 424 g/mol. The Morgan fingerprint density at radius 1 is 1.12 bits per heavy atom. The fraction of sp³-hybridized carbons (Fsp3) is 0.222. The molecule has 0 spiro atoms. The predicted molar refractivity (Wildman–Crippen MR) is 129 cm³/mol. The molecule has 1 fully saturated rings. The predicted octanol–water partition coefficient (Wildman–Crippen LogP) is 4.42. The van der Waals surface area contributed by atoms with Gasteiger partial charge in [-0.3, -0.25) is 9.59 Å².